The number of benzene rings is 1. The molecule has 2 N–H and O–H groups in total. The fraction of sp³-hybridized carbons (Fsp3) is 0.462. The lowest BCUT2D eigenvalue weighted by atomic mass is 10.1. The van der Waals surface area contributed by atoms with E-state index in [0.29, 0.717) is 18.9 Å². The van der Waals surface area contributed by atoms with Crippen LogP contribution in [0.15, 0.2) is 24.3 Å². The molecule has 0 heterocycles. The SMILES string of the molecule is CN(CCOc1ccc(F)cc1)C(=O)C(C)(C)N. The van der Waals surface area contributed by atoms with E-state index in [4.69, 9.17) is 10.5 Å². The van der Waals surface area contributed by atoms with Crippen LogP contribution in [-0.2, 0) is 4.79 Å². The number of amides is 1. The van der Waals surface area contributed by atoms with Gasteiger partial charge >= 0.3 is 0 Å². The monoisotopic (exact) mass is 254 g/mol. The Morgan fingerprint density at radius 2 is 1.94 bits per heavy atom. The summed E-state index contributed by atoms with van der Waals surface area (Å²) in [5.74, 6) is 0.119. The minimum Gasteiger partial charge on any atom is -0.492 e. The van der Waals surface area contributed by atoms with Gasteiger partial charge in [-0.3, -0.25) is 4.79 Å². The fourth-order valence-corrected chi connectivity index (χ4v) is 1.42. The number of carbonyl (C=O) groups excluding carboxylic acids is 1. The molecule has 1 amide bonds. The Hall–Kier alpha value is -1.62. The third-order valence-electron chi connectivity index (χ3n) is 2.41. The number of rotatable bonds is 5. The zero-order valence-corrected chi connectivity index (χ0v) is 10.9. The average Bonchev–Trinajstić information content (AvgIpc) is 2.29. The molecule has 1 rings (SSSR count). The molecule has 0 bridgehead atoms. The largest absolute Gasteiger partial charge is 0.492 e. The normalized spacial score (nSPS) is 11.2. The van der Waals surface area contributed by atoms with Crippen molar-refractivity contribution in [1.29, 1.82) is 0 Å². The van der Waals surface area contributed by atoms with Crippen LogP contribution in [0.4, 0.5) is 4.39 Å². The predicted molar refractivity (Wildman–Crippen MR) is 67.8 cm³/mol. The first-order valence-electron chi connectivity index (χ1n) is 5.73. The van der Waals surface area contributed by atoms with Crippen molar-refractivity contribution in [2.45, 2.75) is 19.4 Å². The average molecular weight is 254 g/mol. The first-order chi connectivity index (χ1) is 8.30. The molecule has 100 valence electrons. The van der Waals surface area contributed by atoms with E-state index in [0.717, 1.165) is 0 Å². The molecule has 0 radical (unpaired) electrons. The Morgan fingerprint density at radius 1 is 1.39 bits per heavy atom. The first-order valence-corrected chi connectivity index (χ1v) is 5.73. The summed E-state index contributed by atoms with van der Waals surface area (Å²) in [6.07, 6.45) is 0. The molecule has 1 aromatic carbocycles. The lowest BCUT2D eigenvalue weighted by Gasteiger charge is -2.25. The van der Waals surface area contributed by atoms with Crippen molar-refractivity contribution in [2.75, 3.05) is 20.2 Å². The summed E-state index contributed by atoms with van der Waals surface area (Å²) < 4.78 is 18.0. The second kappa shape index (κ2) is 5.82. The van der Waals surface area contributed by atoms with Gasteiger partial charge in [-0.25, -0.2) is 4.39 Å². The summed E-state index contributed by atoms with van der Waals surface area (Å²) in [7, 11) is 1.67. The van der Waals surface area contributed by atoms with E-state index in [1.165, 1.54) is 17.0 Å². The Morgan fingerprint density at radius 3 is 2.44 bits per heavy atom. The highest BCUT2D eigenvalue weighted by Crippen LogP contribution is 2.11. The Labute approximate surface area is 107 Å². The lowest BCUT2D eigenvalue weighted by Crippen LogP contribution is -2.50. The number of ether oxygens (including phenoxy) is 1. The Kier molecular flexibility index (Phi) is 4.67. The van der Waals surface area contributed by atoms with Gasteiger partial charge in [0.25, 0.3) is 0 Å². The number of likely N-dealkylation sites (N-methyl/N-ethyl adjacent to an activating group) is 1. The maximum atomic E-state index is 12.7. The van der Waals surface area contributed by atoms with Crippen molar-refractivity contribution >= 4 is 5.91 Å². The number of nitrogens with zero attached hydrogens (tertiary/aromatic N) is 1. The third-order valence-corrected chi connectivity index (χ3v) is 2.41. The number of hydrogen-bond acceptors (Lipinski definition) is 3. The maximum absolute atomic E-state index is 12.7. The van der Waals surface area contributed by atoms with E-state index in [1.807, 2.05) is 0 Å². The van der Waals surface area contributed by atoms with Crippen LogP contribution >= 0.6 is 0 Å². The van der Waals surface area contributed by atoms with E-state index >= 15 is 0 Å². The van der Waals surface area contributed by atoms with E-state index in [9.17, 15) is 9.18 Å². The van der Waals surface area contributed by atoms with E-state index in [2.05, 4.69) is 0 Å². The zero-order valence-electron chi connectivity index (χ0n) is 10.9. The Balaban J connectivity index is 2.38. The van der Waals surface area contributed by atoms with Gasteiger partial charge in [0.1, 0.15) is 18.2 Å². The molecule has 0 aromatic heterocycles. The van der Waals surface area contributed by atoms with Gasteiger partial charge in [0.15, 0.2) is 0 Å². The molecular formula is C13H19FN2O2. The minimum atomic E-state index is -0.884. The molecule has 0 saturated carbocycles. The van der Waals surface area contributed by atoms with Crippen LogP contribution in [0.25, 0.3) is 0 Å². The van der Waals surface area contributed by atoms with Crippen molar-refractivity contribution in [2.24, 2.45) is 5.73 Å². The van der Waals surface area contributed by atoms with Gasteiger partial charge in [-0.1, -0.05) is 0 Å². The molecule has 5 heteroatoms. The second-order valence-electron chi connectivity index (χ2n) is 4.75. The Bertz CT molecular complexity index is 398. The van der Waals surface area contributed by atoms with Crippen molar-refractivity contribution in [3.05, 3.63) is 30.1 Å². The summed E-state index contributed by atoms with van der Waals surface area (Å²) in [5.41, 5.74) is 4.82. The number of halogens is 1. The van der Waals surface area contributed by atoms with E-state index < -0.39 is 5.54 Å². The molecule has 0 saturated heterocycles. The van der Waals surface area contributed by atoms with Crippen LogP contribution in [0, 0.1) is 5.82 Å². The van der Waals surface area contributed by atoms with Crippen LogP contribution in [-0.4, -0.2) is 36.5 Å². The van der Waals surface area contributed by atoms with Crippen LogP contribution < -0.4 is 10.5 Å². The van der Waals surface area contributed by atoms with Crippen molar-refractivity contribution in [3.63, 3.8) is 0 Å². The summed E-state index contributed by atoms with van der Waals surface area (Å²) >= 11 is 0. The van der Waals surface area contributed by atoms with Crippen LogP contribution in [0.1, 0.15) is 13.8 Å². The molecule has 0 atom stereocenters. The second-order valence-corrected chi connectivity index (χ2v) is 4.75. The van der Waals surface area contributed by atoms with E-state index in [-0.39, 0.29) is 11.7 Å². The highest BCUT2D eigenvalue weighted by Gasteiger charge is 2.25. The van der Waals surface area contributed by atoms with Gasteiger partial charge in [-0.05, 0) is 38.1 Å². The molecule has 4 nitrogen and oxygen atoms in total. The third kappa shape index (κ3) is 4.33. The summed E-state index contributed by atoms with van der Waals surface area (Å²) in [5, 5.41) is 0. The minimum absolute atomic E-state index is 0.148. The highest BCUT2D eigenvalue weighted by atomic mass is 19.1. The topological polar surface area (TPSA) is 55.6 Å². The summed E-state index contributed by atoms with van der Waals surface area (Å²) in [6, 6.07) is 5.74. The van der Waals surface area contributed by atoms with Gasteiger partial charge in [-0.15, -0.1) is 0 Å². The van der Waals surface area contributed by atoms with Gasteiger partial charge in [0.05, 0.1) is 12.1 Å². The van der Waals surface area contributed by atoms with E-state index in [1.54, 1.807) is 33.0 Å². The molecule has 18 heavy (non-hydrogen) atoms. The molecule has 0 spiro atoms. The van der Waals surface area contributed by atoms with Gasteiger partial charge in [0.2, 0.25) is 5.91 Å². The van der Waals surface area contributed by atoms with Gasteiger partial charge < -0.3 is 15.4 Å². The molecule has 0 fully saturated rings. The summed E-state index contributed by atoms with van der Waals surface area (Å²) in [4.78, 5) is 13.3. The fourth-order valence-electron chi connectivity index (χ4n) is 1.42. The molecule has 0 aliphatic heterocycles. The zero-order chi connectivity index (χ0) is 13.8. The first kappa shape index (κ1) is 14.4. The predicted octanol–water partition coefficient (Wildman–Crippen LogP) is 1.40. The molecule has 1 aromatic rings. The highest BCUT2D eigenvalue weighted by molar-refractivity contribution is 5.84. The van der Waals surface area contributed by atoms with Crippen molar-refractivity contribution in [1.82, 2.24) is 4.90 Å². The van der Waals surface area contributed by atoms with Gasteiger partial charge in [-0.2, -0.15) is 0 Å². The molecule has 0 aliphatic carbocycles. The molecule has 0 unspecified atom stereocenters. The lowest BCUT2D eigenvalue weighted by molar-refractivity contribution is -0.134. The van der Waals surface area contributed by atoms with Crippen molar-refractivity contribution in [3.8, 4) is 5.75 Å². The van der Waals surface area contributed by atoms with Gasteiger partial charge in [0, 0.05) is 7.05 Å². The quantitative estimate of drug-likeness (QED) is 0.864. The smallest absolute Gasteiger partial charge is 0.241 e. The number of carbonyl (C=O) groups is 1. The number of nitrogens with two attached hydrogens (primary N) is 1. The van der Waals surface area contributed by atoms with Crippen molar-refractivity contribution < 1.29 is 13.9 Å². The van der Waals surface area contributed by atoms with Crippen LogP contribution in [0.5, 0.6) is 5.75 Å². The summed E-state index contributed by atoms with van der Waals surface area (Å²) in [6.45, 7) is 4.08. The molecular weight excluding hydrogens is 235 g/mol. The molecule has 0 aliphatic rings. The number of hydrogen-bond donors (Lipinski definition) is 1. The van der Waals surface area contributed by atoms with Crippen LogP contribution in [0.3, 0.4) is 0 Å². The maximum Gasteiger partial charge on any atom is 0.241 e. The standard InChI is InChI=1S/C13H19FN2O2/c1-13(2,15)12(17)16(3)8-9-18-11-6-4-10(14)5-7-11/h4-7H,8-9,15H2,1-3H3. The van der Waals surface area contributed by atoms with Crippen LogP contribution in [0.2, 0.25) is 0 Å².